The molecule has 4 rings (SSSR count). The molecule has 0 saturated carbocycles. The van der Waals surface area contributed by atoms with Gasteiger partial charge in [0.1, 0.15) is 5.82 Å². The summed E-state index contributed by atoms with van der Waals surface area (Å²) in [7, 11) is 0. The van der Waals surface area contributed by atoms with E-state index in [-0.39, 0.29) is 11.2 Å². The van der Waals surface area contributed by atoms with Gasteiger partial charge in [-0.05, 0) is 30.4 Å². The van der Waals surface area contributed by atoms with Crippen LogP contribution in [0.25, 0.3) is 0 Å². The number of anilines is 1. The number of allylic oxidation sites excluding steroid dienone is 2. The average molecular weight is 318 g/mol. The van der Waals surface area contributed by atoms with Crippen LogP contribution in [0, 0.1) is 5.41 Å². The second kappa shape index (κ2) is 5.04. The second-order valence-corrected chi connectivity index (χ2v) is 7.81. The van der Waals surface area contributed by atoms with Gasteiger partial charge >= 0.3 is 0 Å². The number of nitrogens with zero attached hydrogens (tertiary/aromatic N) is 1. The maximum absolute atomic E-state index is 13.1. The van der Waals surface area contributed by atoms with Gasteiger partial charge in [0.15, 0.2) is 5.78 Å². The Labute approximate surface area is 142 Å². The Morgan fingerprint density at radius 1 is 1.00 bits per heavy atom. The fourth-order valence-corrected chi connectivity index (χ4v) is 4.27. The minimum atomic E-state index is -0.459. The molecule has 0 fully saturated rings. The Balaban J connectivity index is 2.01. The van der Waals surface area contributed by atoms with Crippen molar-refractivity contribution in [1.82, 2.24) is 4.98 Å². The summed E-state index contributed by atoms with van der Waals surface area (Å²) in [5.74, 6) is 1.11. The topological polar surface area (TPSA) is 42.0 Å². The van der Waals surface area contributed by atoms with Crippen LogP contribution in [0.5, 0.6) is 0 Å². The molecule has 3 nitrogen and oxygen atoms in total. The zero-order chi connectivity index (χ0) is 16.9. The summed E-state index contributed by atoms with van der Waals surface area (Å²) in [6.45, 7) is 6.48. The van der Waals surface area contributed by atoms with Crippen LogP contribution in [0.15, 0.2) is 59.9 Å². The molecule has 2 aliphatic rings. The van der Waals surface area contributed by atoms with Crippen LogP contribution in [0.1, 0.15) is 44.7 Å². The normalized spacial score (nSPS) is 24.9. The fraction of sp³-hybridized carbons (Fsp3) is 0.333. The van der Waals surface area contributed by atoms with Gasteiger partial charge < -0.3 is 5.32 Å². The zero-order valence-corrected chi connectivity index (χ0v) is 14.4. The number of Topliss-reactive ketones (excluding diaryl/α,β-unsaturated/α-hetero) is 1. The summed E-state index contributed by atoms with van der Waals surface area (Å²) in [6.07, 6.45) is 3.26. The monoisotopic (exact) mass is 318 g/mol. The highest BCUT2D eigenvalue weighted by Gasteiger charge is 2.47. The molecule has 0 bridgehead atoms. The number of carbonyl (C=O) groups is 1. The molecule has 122 valence electrons. The van der Waals surface area contributed by atoms with Crippen LogP contribution in [-0.2, 0) is 10.2 Å². The molecule has 1 aromatic heterocycles. The molecular weight excluding hydrogens is 296 g/mol. The highest BCUT2D eigenvalue weighted by atomic mass is 16.1. The van der Waals surface area contributed by atoms with Gasteiger partial charge in [-0.1, -0.05) is 50.2 Å². The van der Waals surface area contributed by atoms with E-state index in [0.717, 1.165) is 34.6 Å². The van der Waals surface area contributed by atoms with Gasteiger partial charge in [-0.2, -0.15) is 0 Å². The van der Waals surface area contributed by atoms with E-state index < -0.39 is 5.41 Å². The van der Waals surface area contributed by atoms with Crippen molar-refractivity contribution in [3.05, 3.63) is 71.1 Å². The number of pyridine rings is 1. The van der Waals surface area contributed by atoms with Crippen molar-refractivity contribution in [1.29, 1.82) is 0 Å². The summed E-state index contributed by atoms with van der Waals surface area (Å²) in [4.78, 5) is 17.7. The van der Waals surface area contributed by atoms with Crippen LogP contribution in [0.3, 0.4) is 0 Å². The number of rotatable bonds is 1. The van der Waals surface area contributed by atoms with Gasteiger partial charge in [0.25, 0.3) is 0 Å². The minimum Gasteiger partial charge on any atom is -0.343 e. The van der Waals surface area contributed by atoms with E-state index in [9.17, 15) is 4.79 Å². The van der Waals surface area contributed by atoms with E-state index in [4.69, 9.17) is 0 Å². The smallest absolute Gasteiger partial charge is 0.162 e. The van der Waals surface area contributed by atoms with Crippen molar-refractivity contribution in [2.75, 3.05) is 5.32 Å². The summed E-state index contributed by atoms with van der Waals surface area (Å²) in [5, 5.41) is 3.46. The highest BCUT2D eigenvalue weighted by Crippen LogP contribution is 2.51. The van der Waals surface area contributed by atoms with Gasteiger partial charge in [-0.15, -0.1) is 0 Å². The first-order chi connectivity index (χ1) is 11.4. The van der Waals surface area contributed by atoms with E-state index in [2.05, 4.69) is 49.3 Å². The Bertz CT molecular complexity index is 851. The number of hydrogen-bond donors (Lipinski definition) is 1. The Morgan fingerprint density at radius 2 is 1.75 bits per heavy atom. The number of ketones is 1. The second-order valence-electron chi connectivity index (χ2n) is 7.81. The van der Waals surface area contributed by atoms with Gasteiger partial charge in [0, 0.05) is 29.5 Å². The van der Waals surface area contributed by atoms with Crippen LogP contribution >= 0.6 is 0 Å². The zero-order valence-electron chi connectivity index (χ0n) is 14.4. The van der Waals surface area contributed by atoms with E-state index in [1.807, 2.05) is 24.3 Å². The Hall–Kier alpha value is -2.42. The first kappa shape index (κ1) is 15.1. The largest absolute Gasteiger partial charge is 0.343 e. The highest BCUT2D eigenvalue weighted by molar-refractivity contribution is 6.02. The number of carbonyl (C=O) groups excluding carboxylic acids is 1. The Morgan fingerprint density at radius 3 is 2.50 bits per heavy atom. The van der Waals surface area contributed by atoms with Crippen molar-refractivity contribution >= 4 is 11.6 Å². The van der Waals surface area contributed by atoms with Crippen molar-refractivity contribution in [2.24, 2.45) is 5.41 Å². The summed E-state index contributed by atoms with van der Waals surface area (Å²) >= 11 is 0. The third-order valence-corrected chi connectivity index (χ3v) is 5.34. The lowest BCUT2D eigenvalue weighted by atomic mass is 9.62. The van der Waals surface area contributed by atoms with Crippen LogP contribution < -0.4 is 5.32 Å². The number of hydrogen-bond acceptors (Lipinski definition) is 3. The predicted octanol–water partition coefficient (Wildman–Crippen LogP) is 4.46. The third kappa shape index (κ3) is 2.11. The van der Waals surface area contributed by atoms with Crippen LogP contribution in [0.4, 0.5) is 5.82 Å². The van der Waals surface area contributed by atoms with E-state index in [0.29, 0.717) is 6.42 Å². The molecule has 1 unspecified atom stereocenters. The molecule has 0 saturated heterocycles. The fourth-order valence-electron chi connectivity index (χ4n) is 4.27. The minimum absolute atomic E-state index is 0.0210. The van der Waals surface area contributed by atoms with Crippen LogP contribution in [0.2, 0.25) is 0 Å². The molecule has 0 amide bonds. The SMILES string of the molecule is CC1(C)CC(=O)C2=C(C1)Nc1ncccc1C2(C)c1ccccc1. The number of fused-ring (bicyclic) bond motifs is 1. The maximum Gasteiger partial charge on any atom is 0.162 e. The molecule has 3 heteroatoms. The molecule has 1 aliphatic heterocycles. The summed E-state index contributed by atoms with van der Waals surface area (Å²) in [6, 6.07) is 14.3. The summed E-state index contributed by atoms with van der Waals surface area (Å²) < 4.78 is 0. The molecule has 2 aromatic rings. The van der Waals surface area contributed by atoms with E-state index in [1.165, 1.54) is 0 Å². The molecule has 1 aromatic carbocycles. The van der Waals surface area contributed by atoms with Gasteiger partial charge in [0.2, 0.25) is 0 Å². The lowest BCUT2D eigenvalue weighted by Gasteiger charge is -2.44. The number of benzene rings is 1. The number of nitrogens with one attached hydrogen (secondary N) is 1. The molecule has 2 heterocycles. The lowest BCUT2D eigenvalue weighted by molar-refractivity contribution is -0.118. The van der Waals surface area contributed by atoms with Crippen LogP contribution in [-0.4, -0.2) is 10.8 Å². The quantitative estimate of drug-likeness (QED) is 0.844. The van der Waals surface area contributed by atoms with E-state index in [1.54, 1.807) is 6.20 Å². The van der Waals surface area contributed by atoms with Crippen molar-refractivity contribution in [2.45, 2.75) is 39.0 Å². The Kier molecular flexibility index (Phi) is 3.17. The molecule has 24 heavy (non-hydrogen) atoms. The summed E-state index contributed by atoms with van der Waals surface area (Å²) in [5.41, 5.74) is 3.68. The molecule has 0 radical (unpaired) electrons. The maximum atomic E-state index is 13.1. The first-order valence-electron chi connectivity index (χ1n) is 8.47. The molecule has 1 N–H and O–H groups in total. The average Bonchev–Trinajstić information content (AvgIpc) is 2.54. The first-order valence-corrected chi connectivity index (χ1v) is 8.47. The van der Waals surface area contributed by atoms with Gasteiger partial charge in [0.05, 0.1) is 5.41 Å². The van der Waals surface area contributed by atoms with Gasteiger partial charge in [-0.3, -0.25) is 4.79 Å². The predicted molar refractivity (Wildman–Crippen MR) is 95.8 cm³/mol. The molecule has 1 atom stereocenters. The van der Waals surface area contributed by atoms with Crippen molar-refractivity contribution in [3.63, 3.8) is 0 Å². The third-order valence-electron chi connectivity index (χ3n) is 5.34. The number of aromatic nitrogens is 1. The van der Waals surface area contributed by atoms with Crippen molar-refractivity contribution in [3.8, 4) is 0 Å². The molecule has 1 aliphatic carbocycles. The lowest BCUT2D eigenvalue weighted by Crippen LogP contribution is -2.42. The molecular formula is C21H22N2O. The van der Waals surface area contributed by atoms with Crippen molar-refractivity contribution < 1.29 is 4.79 Å². The standard InChI is InChI=1S/C21H22N2O/c1-20(2)12-16-18(17(24)13-20)21(3,14-8-5-4-6-9-14)15-10-7-11-22-19(15)23-16/h4-11H,12-13H2,1-3H3,(H,22,23). The molecule has 0 spiro atoms. The van der Waals surface area contributed by atoms with Gasteiger partial charge in [-0.25, -0.2) is 4.98 Å². The van der Waals surface area contributed by atoms with E-state index >= 15 is 0 Å².